The Labute approximate surface area is 122 Å². The van der Waals surface area contributed by atoms with Crippen LogP contribution in [0.1, 0.15) is 24.4 Å². The van der Waals surface area contributed by atoms with Crippen molar-refractivity contribution < 1.29 is 14.4 Å². The molecule has 1 aromatic carbocycles. The van der Waals surface area contributed by atoms with Gasteiger partial charge in [-0.1, -0.05) is 30.3 Å². The van der Waals surface area contributed by atoms with Crippen LogP contribution in [0.4, 0.5) is 0 Å². The van der Waals surface area contributed by atoms with Gasteiger partial charge in [0.1, 0.15) is 12.1 Å². The summed E-state index contributed by atoms with van der Waals surface area (Å²) in [6.45, 7) is 0. The van der Waals surface area contributed by atoms with Crippen molar-refractivity contribution in [1.82, 2.24) is 10.6 Å². The van der Waals surface area contributed by atoms with Crippen LogP contribution in [0, 0.1) is 0 Å². The lowest BCUT2D eigenvalue weighted by molar-refractivity contribution is -0.137. The Morgan fingerprint density at radius 3 is 2.55 bits per heavy atom. The van der Waals surface area contributed by atoms with Crippen LogP contribution in [-0.2, 0) is 14.4 Å². The van der Waals surface area contributed by atoms with Crippen molar-refractivity contribution in [3.63, 3.8) is 0 Å². The molecule has 4 N–H and O–H groups in total. The van der Waals surface area contributed by atoms with Crippen LogP contribution in [0.2, 0.25) is 0 Å². The largest absolute Gasteiger partial charge is 0.343 e. The van der Waals surface area contributed by atoms with Crippen molar-refractivity contribution in [3.05, 3.63) is 35.9 Å². The van der Waals surface area contributed by atoms with Crippen molar-refractivity contribution in [2.45, 2.75) is 24.9 Å². The number of nitrogens with one attached hydrogen (secondary N) is 2. The van der Waals surface area contributed by atoms with Gasteiger partial charge in [0, 0.05) is 6.42 Å². The average molecular weight is 298 g/mol. The normalized spacial score (nSPS) is 19.6. The first-order chi connectivity index (χ1) is 9.08. The summed E-state index contributed by atoms with van der Waals surface area (Å²) in [5.41, 5.74) is 6.49. The fraction of sp³-hybridized carbons (Fsp3) is 0.308. The minimum Gasteiger partial charge on any atom is -0.343 e. The van der Waals surface area contributed by atoms with Crippen molar-refractivity contribution in [2.75, 3.05) is 0 Å². The van der Waals surface area contributed by atoms with Gasteiger partial charge in [-0.25, -0.2) is 0 Å². The quantitative estimate of drug-likeness (QED) is 0.685. The highest BCUT2D eigenvalue weighted by atomic mass is 35.5. The van der Waals surface area contributed by atoms with Crippen LogP contribution in [0.3, 0.4) is 0 Å². The van der Waals surface area contributed by atoms with Crippen LogP contribution in [0.15, 0.2) is 30.3 Å². The summed E-state index contributed by atoms with van der Waals surface area (Å²) in [5, 5.41) is 4.74. The average Bonchev–Trinajstić information content (AvgIpc) is 2.42. The molecule has 1 aromatic rings. The van der Waals surface area contributed by atoms with E-state index in [0.29, 0.717) is 12.0 Å². The summed E-state index contributed by atoms with van der Waals surface area (Å²) in [7, 11) is 0. The first-order valence-corrected chi connectivity index (χ1v) is 6.02. The topological polar surface area (TPSA) is 101 Å². The van der Waals surface area contributed by atoms with Gasteiger partial charge in [-0.3, -0.25) is 19.7 Å². The number of carbonyl (C=O) groups excluding carboxylic acids is 3. The van der Waals surface area contributed by atoms with Crippen molar-refractivity contribution in [3.8, 4) is 0 Å². The molecule has 108 valence electrons. The number of benzene rings is 1. The molecule has 0 aromatic heterocycles. The van der Waals surface area contributed by atoms with Crippen LogP contribution in [0.5, 0.6) is 0 Å². The minimum atomic E-state index is -0.827. The second-order valence-corrected chi connectivity index (χ2v) is 4.40. The zero-order chi connectivity index (χ0) is 13.8. The Hall–Kier alpha value is -1.92. The van der Waals surface area contributed by atoms with E-state index in [-0.39, 0.29) is 24.7 Å². The molecule has 6 nitrogen and oxygen atoms in total. The number of rotatable bonds is 3. The molecule has 0 saturated carbocycles. The third kappa shape index (κ3) is 3.79. The molecule has 1 aliphatic heterocycles. The molecule has 2 rings (SSSR count). The number of nitrogens with two attached hydrogens (primary N) is 1. The predicted molar refractivity (Wildman–Crippen MR) is 74.9 cm³/mol. The molecule has 1 saturated heterocycles. The molecule has 0 spiro atoms. The lowest BCUT2D eigenvalue weighted by Gasteiger charge is -2.23. The van der Waals surface area contributed by atoms with Crippen LogP contribution >= 0.6 is 12.4 Å². The Bertz CT molecular complexity index is 507. The van der Waals surface area contributed by atoms with E-state index in [9.17, 15) is 14.4 Å². The van der Waals surface area contributed by atoms with Gasteiger partial charge in [0.15, 0.2) is 0 Å². The monoisotopic (exact) mass is 297 g/mol. The lowest BCUT2D eigenvalue weighted by atomic mass is 10.0. The standard InChI is InChI=1S/C13H15N3O3.ClH/c14-11(8-4-2-1-3-5-8)13(19)15-9-6-7-10(17)16-12(9)18;/h1-5,9,11H,6-7,14H2,(H,15,19)(H,16,17,18);1H/t9?,11-;/m0./s1. The molecule has 20 heavy (non-hydrogen) atoms. The van der Waals surface area contributed by atoms with Gasteiger partial charge in [-0.2, -0.15) is 0 Å². The highest BCUT2D eigenvalue weighted by molar-refractivity contribution is 6.02. The summed E-state index contributed by atoms with van der Waals surface area (Å²) in [4.78, 5) is 34.4. The minimum absolute atomic E-state index is 0. The van der Waals surface area contributed by atoms with Crippen molar-refractivity contribution in [2.24, 2.45) is 5.73 Å². The van der Waals surface area contributed by atoms with E-state index in [1.54, 1.807) is 24.3 Å². The summed E-state index contributed by atoms with van der Waals surface area (Å²) in [6.07, 6.45) is 0.523. The van der Waals surface area contributed by atoms with Gasteiger partial charge >= 0.3 is 0 Å². The van der Waals surface area contributed by atoms with E-state index in [1.165, 1.54) is 0 Å². The number of imide groups is 1. The van der Waals surface area contributed by atoms with Gasteiger partial charge in [-0.15, -0.1) is 12.4 Å². The summed E-state index contributed by atoms with van der Waals surface area (Å²) in [6, 6.07) is 7.37. The van der Waals surface area contributed by atoms with Gasteiger partial charge in [0.25, 0.3) is 0 Å². The van der Waals surface area contributed by atoms with E-state index in [0.717, 1.165) is 0 Å². The second kappa shape index (κ2) is 7.02. The smallest absolute Gasteiger partial charge is 0.249 e. The summed E-state index contributed by atoms with van der Waals surface area (Å²) < 4.78 is 0. The predicted octanol–water partition coefficient (Wildman–Crippen LogP) is 0.0296. The molecule has 1 fully saturated rings. The first-order valence-electron chi connectivity index (χ1n) is 6.02. The highest BCUT2D eigenvalue weighted by Crippen LogP contribution is 2.11. The Morgan fingerprint density at radius 1 is 1.30 bits per heavy atom. The number of hydrogen-bond acceptors (Lipinski definition) is 4. The number of halogens is 1. The number of amides is 3. The number of carbonyl (C=O) groups is 3. The molecule has 1 heterocycles. The molecular weight excluding hydrogens is 282 g/mol. The van der Waals surface area contributed by atoms with E-state index < -0.39 is 23.9 Å². The highest BCUT2D eigenvalue weighted by Gasteiger charge is 2.29. The Kier molecular flexibility index (Phi) is 5.66. The van der Waals surface area contributed by atoms with Gasteiger partial charge < -0.3 is 11.1 Å². The number of hydrogen-bond donors (Lipinski definition) is 3. The Morgan fingerprint density at radius 2 is 1.95 bits per heavy atom. The van der Waals surface area contributed by atoms with E-state index in [1.807, 2.05) is 6.07 Å². The van der Waals surface area contributed by atoms with Crippen LogP contribution < -0.4 is 16.4 Å². The third-order valence-electron chi connectivity index (χ3n) is 3.00. The molecular formula is C13H16ClN3O3. The summed E-state index contributed by atoms with van der Waals surface area (Å²) >= 11 is 0. The molecule has 3 amide bonds. The molecule has 1 aliphatic rings. The molecule has 2 atom stereocenters. The fourth-order valence-corrected chi connectivity index (χ4v) is 1.90. The molecule has 0 aliphatic carbocycles. The Balaban J connectivity index is 0.00000200. The third-order valence-corrected chi connectivity index (χ3v) is 3.00. The zero-order valence-corrected chi connectivity index (χ0v) is 11.5. The van der Waals surface area contributed by atoms with E-state index in [4.69, 9.17) is 5.73 Å². The molecule has 1 unspecified atom stereocenters. The van der Waals surface area contributed by atoms with Crippen molar-refractivity contribution >= 4 is 30.1 Å². The van der Waals surface area contributed by atoms with Crippen LogP contribution in [-0.4, -0.2) is 23.8 Å². The van der Waals surface area contributed by atoms with Crippen molar-refractivity contribution in [1.29, 1.82) is 0 Å². The zero-order valence-electron chi connectivity index (χ0n) is 10.7. The van der Waals surface area contributed by atoms with Gasteiger partial charge in [0.05, 0.1) is 0 Å². The number of piperidine rings is 1. The lowest BCUT2D eigenvalue weighted by Crippen LogP contribution is -2.53. The maximum Gasteiger partial charge on any atom is 0.249 e. The maximum absolute atomic E-state index is 11.9. The SMILES string of the molecule is Cl.N[C@H](C(=O)NC1CCC(=O)NC1=O)c1ccccc1. The van der Waals surface area contributed by atoms with Crippen LogP contribution in [0.25, 0.3) is 0 Å². The first kappa shape index (κ1) is 16.1. The van der Waals surface area contributed by atoms with E-state index in [2.05, 4.69) is 10.6 Å². The molecule has 7 heteroatoms. The molecule has 0 radical (unpaired) electrons. The molecule has 0 bridgehead atoms. The second-order valence-electron chi connectivity index (χ2n) is 4.40. The fourth-order valence-electron chi connectivity index (χ4n) is 1.90. The van der Waals surface area contributed by atoms with E-state index >= 15 is 0 Å². The maximum atomic E-state index is 11.9. The van der Waals surface area contributed by atoms with Gasteiger partial charge in [0.2, 0.25) is 17.7 Å². The summed E-state index contributed by atoms with van der Waals surface area (Å²) in [5.74, 6) is -1.23. The van der Waals surface area contributed by atoms with Gasteiger partial charge in [-0.05, 0) is 12.0 Å².